The number of aromatic hydroxyl groups is 1. The van der Waals surface area contributed by atoms with E-state index in [9.17, 15) is 5.11 Å². The fourth-order valence-electron chi connectivity index (χ4n) is 4.83. The Bertz CT molecular complexity index is 1580. The molecule has 0 aliphatic carbocycles. The number of fused-ring (bicyclic) bond motifs is 2. The van der Waals surface area contributed by atoms with Crippen molar-refractivity contribution in [3.63, 3.8) is 0 Å². The number of aromatic nitrogens is 3. The topological polar surface area (TPSA) is 72.6 Å². The third-order valence-electron chi connectivity index (χ3n) is 6.72. The number of hydrogen-bond donors (Lipinski definition) is 1. The monoisotopic (exact) mass is 492 g/mol. The Kier molecular flexibility index (Phi) is 5.88. The van der Waals surface area contributed by atoms with Crippen molar-refractivity contribution < 1.29 is 14.6 Å². The van der Waals surface area contributed by atoms with Gasteiger partial charge in [-0.05, 0) is 55.7 Å². The van der Waals surface area contributed by atoms with Gasteiger partial charge in [-0.1, -0.05) is 42.5 Å². The molecule has 0 fully saturated rings. The Balaban J connectivity index is 1.39. The zero-order valence-electron chi connectivity index (χ0n) is 20.9. The van der Waals surface area contributed by atoms with Gasteiger partial charge in [-0.3, -0.25) is 4.57 Å². The van der Waals surface area contributed by atoms with Gasteiger partial charge in [0.05, 0.1) is 17.7 Å². The van der Waals surface area contributed by atoms with Crippen LogP contribution in [0.25, 0.3) is 16.9 Å². The molecule has 3 heterocycles. The molecule has 1 aliphatic heterocycles. The van der Waals surface area contributed by atoms with Crippen LogP contribution in [0.5, 0.6) is 17.4 Å². The number of aryl methyl sites for hydroxylation is 1. The fraction of sp³-hybridized carbons (Fsp3) is 0.200. The Morgan fingerprint density at radius 3 is 2.70 bits per heavy atom. The first-order valence-electron chi connectivity index (χ1n) is 12.4. The molecule has 1 N–H and O–H groups in total. The van der Waals surface area contributed by atoms with E-state index in [-0.39, 0.29) is 5.75 Å². The highest BCUT2D eigenvalue weighted by Crippen LogP contribution is 2.37. The van der Waals surface area contributed by atoms with Crippen molar-refractivity contribution in [3.05, 3.63) is 95.7 Å². The molecule has 2 aromatic heterocycles. The number of anilines is 2. The standard InChI is InChI=1S/C30H28N4O3/c1-20-17-25-26(14-7-15-27(25)35)34(20)30-31-28(24-13-8-16-36-29(24)32-30)33(2)22-11-6-12-23(18-22)37-19-21-9-4-3-5-10-21/h3-7,9-12,14-15,17-18,35H,8,13,16,19H2,1-2H3. The first-order chi connectivity index (χ1) is 18.1. The van der Waals surface area contributed by atoms with E-state index in [1.54, 1.807) is 6.07 Å². The second-order valence-electron chi connectivity index (χ2n) is 9.24. The molecule has 0 saturated heterocycles. The Morgan fingerprint density at radius 2 is 1.84 bits per heavy atom. The number of rotatable bonds is 6. The van der Waals surface area contributed by atoms with Crippen LogP contribution in [0.3, 0.4) is 0 Å². The van der Waals surface area contributed by atoms with Crippen LogP contribution in [0.1, 0.15) is 23.2 Å². The highest BCUT2D eigenvalue weighted by atomic mass is 16.5. The first-order valence-corrected chi connectivity index (χ1v) is 12.4. The smallest absolute Gasteiger partial charge is 0.239 e. The largest absolute Gasteiger partial charge is 0.507 e. The molecule has 0 radical (unpaired) electrons. The van der Waals surface area contributed by atoms with Crippen molar-refractivity contribution in [3.8, 4) is 23.3 Å². The lowest BCUT2D eigenvalue weighted by Crippen LogP contribution is -2.20. The highest BCUT2D eigenvalue weighted by Gasteiger charge is 2.24. The molecule has 7 heteroatoms. The van der Waals surface area contributed by atoms with Gasteiger partial charge in [-0.15, -0.1) is 0 Å². The van der Waals surface area contributed by atoms with E-state index in [1.807, 2.05) is 79.2 Å². The van der Waals surface area contributed by atoms with Crippen LogP contribution >= 0.6 is 0 Å². The number of nitrogens with zero attached hydrogens (tertiary/aromatic N) is 4. The molecule has 0 spiro atoms. The van der Waals surface area contributed by atoms with Crippen LogP contribution in [-0.2, 0) is 13.0 Å². The van der Waals surface area contributed by atoms with Gasteiger partial charge in [0.25, 0.3) is 0 Å². The van der Waals surface area contributed by atoms with Gasteiger partial charge < -0.3 is 19.5 Å². The van der Waals surface area contributed by atoms with Gasteiger partial charge in [0, 0.05) is 29.9 Å². The summed E-state index contributed by atoms with van der Waals surface area (Å²) in [6.07, 6.45) is 1.75. The first kappa shape index (κ1) is 22.9. The summed E-state index contributed by atoms with van der Waals surface area (Å²) in [6, 6.07) is 25.6. The minimum atomic E-state index is 0.234. The fourth-order valence-corrected chi connectivity index (χ4v) is 4.83. The quantitative estimate of drug-likeness (QED) is 0.309. The van der Waals surface area contributed by atoms with Gasteiger partial charge in [0.1, 0.15) is 23.9 Å². The van der Waals surface area contributed by atoms with Gasteiger partial charge in [0.15, 0.2) is 0 Å². The molecule has 0 atom stereocenters. The zero-order valence-corrected chi connectivity index (χ0v) is 20.9. The van der Waals surface area contributed by atoms with Crippen LogP contribution in [0, 0.1) is 6.92 Å². The van der Waals surface area contributed by atoms with Crippen LogP contribution in [0.2, 0.25) is 0 Å². The summed E-state index contributed by atoms with van der Waals surface area (Å²) in [5.74, 6) is 2.93. The maximum absolute atomic E-state index is 10.4. The molecule has 6 rings (SSSR count). The van der Waals surface area contributed by atoms with E-state index in [0.717, 1.165) is 57.8 Å². The van der Waals surface area contributed by atoms with E-state index in [0.29, 0.717) is 25.0 Å². The maximum atomic E-state index is 10.4. The molecule has 186 valence electrons. The molecular weight excluding hydrogens is 464 g/mol. The molecule has 0 bridgehead atoms. The predicted octanol–water partition coefficient (Wildman–Crippen LogP) is 6.11. The van der Waals surface area contributed by atoms with Gasteiger partial charge in [-0.25, -0.2) is 0 Å². The van der Waals surface area contributed by atoms with E-state index < -0.39 is 0 Å². The van der Waals surface area contributed by atoms with E-state index in [1.165, 1.54) is 0 Å². The SMILES string of the molecule is Cc1cc2c(O)cccc2n1-c1nc2c(c(N(C)c3cccc(OCc4ccccc4)c3)n1)CCCO2. The van der Waals surface area contributed by atoms with Crippen LogP contribution in [0.4, 0.5) is 11.5 Å². The minimum Gasteiger partial charge on any atom is -0.507 e. The molecular formula is C30H28N4O3. The van der Waals surface area contributed by atoms with Crippen LogP contribution in [0.15, 0.2) is 78.9 Å². The summed E-state index contributed by atoms with van der Waals surface area (Å²) in [4.78, 5) is 11.9. The van der Waals surface area contributed by atoms with Crippen LogP contribution in [-0.4, -0.2) is 33.3 Å². The van der Waals surface area contributed by atoms with Crippen molar-refractivity contribution in [2.75, 3.05) is 18.6 Å². The van der Waals surface area contributed by atoms with Crippen molar-refractivity contribution in [2.24, 2.45) is 0 Å². The van der Waals surface area contributed by atoms with Crippen LogP contribution < -0.4 is 14.4 Å². The van der Waals surface area contributed by atoms with Crippen molar-refractivity contribution in [1.82, 2.24) is 14.5 Å². The number of ether oxygens (including phenoxy) is 2. The summed E-state index contributed by atoms with van der Waals surface area (Å²) in [5.41, 5.74) is 4.84. The zero-order chi connectivity index (χ0) is 25.4. The van der Waals surface area contributed by atoms with Crippen molar-refractivity contribution >= 4 is 22.4 Å². The minimum absolute atomic E-state index is 0.234. The lowest BCUT2D eigenvalue weighted by atomic mass is 10.1. The maximum Gasteiger partial charge on any atom is 0.239 e. The molecule has 3 aromatic carbocycles. The normalized spacial score (nSPS) is 12.7. The molecule has 0 unspecified atom stereocenters. The predicted molar refractivity (Wildman–Crippen MR) is 144 cm³/mol. The molecule has 5 aromatic rings. The lowest BCUT2D eigenvalue weighted by molar-refractivity contribution is 0.275. The second-order valence-corrected chi connectivity index (χ2v) is 9.24. The number of phenolic OH excluding ortho intramolecular Hbond substituents is 1. The molecule has 0 amide bonds. The van der Waals surface area contributed by atoms with E-state index in [4.69, 9.17) is 19.4 Å². The number of phenols is 1. The summed E-state index contributed by atoms with van der Waals surface area (Å²) >= 11 is 0. The summed E-state index contributed by atoms with van der Waals surface area (Å²) < 4.78 is 14.1. The van der Waals surface area contributed by atoms with Gasteiger partial charge in [0.2, 0.25) is 11.8 Å². The lowest BCUT2D eigenvalue weighted by Gasteiger charge is -2.26. The Hall–Kier alpha value is -4.52. The molecule has 1 aliphatic rings. The second kappa shape index (κ2) is 9.50. The third-order valence-corrected chi connectivity index (χ3v) is 6.72. The average Bonchev–Trinajstić information content (AvgIpc) is 3.28. The number of hydrogen-bond acceptors (Lipinski definition) is 6. The summed E-state index contributed by atoms with van der Waals surface area (Å²) in [5, 5.41) is 11.1. The molecule has 0 saturated carbocycles. The molecule has 37 heavy (non-hydrogen) atoms. The van der Waals surface area contributed by atoms with Crippen molar-refractivity contribution in [2.45, 2.75) is 26.4 Å². The Morgan fingerprint density at radius 1 is 1.00 bits per heavy atom. The highest BCUT2D eigenvalue weighted by molar-refractivity contribution is 5.88. The molecule has 7 nitrogen and oxygen atoms in total. The third kappa shape index (κ3) is 4.33. The average molecular weight is 493 g/mol. The van der Waals surface area contributed by atoms with E-state index in [2.05, 4.69) is 17.0 Å². The van der Waals surface area contributed by atoms with Crippen molar-refractivity contribution in [1.29, 1.82) is 0 Å². The summed E-state index contributed by atoms with van der Waals surface area (Å²) in [7, 11) is 2.00. The van der Waals surface area contributed by atoms with Gasteiger partial charge in [-0.2, -0.15) is 9.97 Å². The Labute approximate surface area is 215 Å². The van der Waals surface area contributed by atoms with Gasteiger partial charge >= 0.3 is 0 Å². The van der Waals surface area contributed by atoms with E-state index >= 15 is 0 Å². The number of benzene rings is 3. The summed E-state index contributed by atoms with van der Waals surface area (Å²) in [6.45, 7) is 3.11.